The Morgan fingerprint density at radius 1 is 1.18 bits per heavy atom. The molecule has 0 fully saturated rings. The molecule has 1 aliphatic rings. The first-order valence-corrected chi connectivity index (χ1v) is 8.75. The second-order valence-electron chi connectivity index (χ2n) is 6.64. The zero-order valence-corrected chi connectivity index (χ0v) is 13.9. The molecule has 6 heteroatoms. The molecular weight excluding hydrogens is 300 g/mol. The molecule has 0 bridgehead atoms. The lowest BCUT2D eigenvalue weighted by Gasteiger charge is -2.25. The third kappa shape index (κ3) is 2.68. The van der Waals surface area contributed by atoms with E-state index in [1.165, 1.54) is 4.31 Å². The topological polar surface area (TPSA) is 63.4 Å². The maximum atomic E-state index is 12.8. The molecule has 0 spiro atoms. The van der Waals surface area contributed by atoms with Crippen molar-refractivity contribution in [2.75, 3.05) is 6.54 Å². The lowest BCUT2D eigenvalue weighted by Crippen LogP contribution is -2.35. The van der Waals surface area contributed by atoms with Crippen molar-refractivity contribution in [3.63, 3.8) is 0 Å². The van der Waals surface area contributed by atoms with E-state index in [1.54, 1.807) is 18.3 Å². The fraction of sp³-hybridized carbons (Fsp3) is 0.438. The highest BCUT2D eigenvalue weighted by Crippen LogP contribution is 2.27. The molecule has 5 nitrogen and oxygen atoms in total. The van der Waals surface area contributed by atoms with Gasteiger partial charge in [0.05, 0.1) is 11.1 Å². The highest BCUT2D eigenvalue weighted by Gasteiger charge is 2.30. The summed E-state index contributed by atoms with van der Waals surface area (Å²) in [7, 11) is -3.48. The van der Waals surface area contributed by atoms with Gasteiger partial charge in [0.25, 0.3) is 0 Å². The molecule has 1 aromatic carbocycles. The van der Waals surface area contributed by atoms with Gasteiger partial charge in [0, 0.05) is 25.1 Å². The summed E-state index contributed by atoms with van der Waals surface area (Å²) in [5.74, 6) is 0.787. The van der Waals surface area contributed by atoms with Crippen LogP contribution in [-0.4, -0.2) is 24.4 Å². The van der Waals surface area contributed by atoms with Crippen LogP contribution in [0.15, 0.2) is 39.9 Å². The first-order chi connectivity index (χ1) is 10.3. The predicted molar refractivity (Wildman–Crippen MR) is 82.9 cm³/mol. The monoisotopic (exact) mass is 320 g/mol. The molecule has 0 radical (unpaired) electrons. The first-order valence-electron chi connectivity index (χ1n) is 7.31. The number of rotatable bonds is 2. The first kappa shape index (κ1) is 15.2. The van der Waals surface area contributed by atoms with Crippen LogP contribution < -0.4 is 0 Å². The van der Waals surface area contributed by atoms with E-state index < -0.39 is 10.0 Å². The quantitative estimate of drug-likeness (QED) is 0.853. The van der Waals surface area contributed by atoms with Gasteiger partial charge in [-0.25, -0.2) is 8.42 Å². The Balaban J connectivity index is 1.88. The van der Waals surface area contributed by atoms with E-state index in [9.17, 15) is 8.42 Å². The molecule has 2 heterocycles. The largest absolute Gasteiger partial charge is 0.361 e. The molecule has 0 unspecified atom stereocenters. The normalized spacial score (nSPS) is 16.5. The van der Waals surface area contributed by atoms with Gasteiger partial charge >= 0.3 is 0 Å². The molecule has 1 aliphatic heterocycles. The smallest absolute Gasteiger partial charge is 0.243 e. The average molecular weight is 320 g/mol. The summed E-state index contributed by atoms with van der Waals surface area (Å²) >= 11 is 0. The third-order valence-corrected chi connectivity index (χ3v) is 5.88. The molecule has 0 N–H and O–H groups in total. The van der Waals surface area contributed by atoms with E-state index in [-0.39, 0.29) is 5.41 Å². The van der Waals surface area contributed by atoms with Gasteiger partial charge in [0.1, 0.15) is 5.76 Å². The molecule has 2 aromatic rings. The highest BCUT2D eigenvalue weighted by atomic mass is 32.2. The lowest BCUT2D eigenvalue weighted by molar-refractivity contribution is 0.331. The molecule has 118 valence electrons. The molecule has 0 atom stereocenters. The maximum Gasteiger partial charge on any atom is 0.243 e. The van der Waals surface area contributed by atoms with E-state index in [4.69, 9.17) is 4.52 Å². The number of fused-ring (bicyclic) bond motifs is 1. The number of nitrogens with zero attached hydrogens (tertiary/aromatic N) is 2. The summed E-state index contributed by atoms with van der Waals surface area (Å²) in [5, 5.41) is 3.74. The summed E-state index contributed by atoms with van der Waals surface area (Å²) in [6.07, 6.45) is 2.16. The summed E-state index contributed by atoms with van der Waals surface area (Å²) in [6.45, 7) is 7.06. The van der Waals surface area contributed by atoms with Crippen LogP contribution in [0.4, 0.5) is 0 Å². The Kier molecular flexibility index (Phi) is 3.61. The van der Waals surface area contributed by atoms with Gasteiger partial charge in [0.15, 0.2) is 0 Å². The van der Waals surface area contributed by atoms with Crippen LogP contribution in [0, 0.1) is 0 Å². The summed E-state index contributed by atoms with van der Waals surface area (Å²) in [4.78, 5) is 0.334. The second-order valence-corrected chi connectivity index (χ2v) is 8.58. The van der Waals surface area contributed by atoms with Crippen molar-refractivity contribution in [3.05, 3.63) is 47.3 Å². The number of hydrogen-bond acceptors (Lipinski definition) is 4. The van der Waals surface area contributed by atoms with Crippen molar-refractivity contribution < 1.29 is 12.9 Å². The van der Waals surface area contributed by atoms with Gasteiger partial charge < -0.3 is 4.52 Å². The molecule has 0 saturated carbocycles. The van der Waals surface area contributed by atoms with E-state index in [0.717, 1.165) is 16.9 Å². The summed E-state index contributed by atoms with van der Waals surface area (Å²) in [5.41, 5.74) is 1.97. The fourth-order valence-electron chi connectivity index (χ4n) is 2.60. The van der Waals surface area contributed by atoms with Gasteiger partial charge in [-0.05, 0) is 23.1 Å². The zero-order chi connectivity index (χ0) is 16.0. The Morgan fingerprint density at radius 3 is 2.50 bits per heavy atom. The Labute approximate surface area is 131 Å². The Hall–Kier alpha value is -1.66. The molecule has 0 aliphatic carbocycles. The van der Waals surface area contributed by atoms with Crippen LogP contribution in [-0.2, 0) is 28.4 Å². The second kappa shape index (κ2) is 5.21. The van der Waals surface area contributed by atoms with Crippen molar-refractivity contribution in [1.82, 2.24) is 9.46 Å². The number of aromatic nitrogens is 1. The minimum atomic E-state index is -3.48. The molecule has 22 heavy (non-hydrogen) atoms. The van der Waals surface area contributed by atoms with Crippen LogP contribution in [0.5, 0.6) is 0 Å². The van der Waals surface area contributed by atoms with Crippen molar-refractivity contribution >= 4 is 10.0 Å². The van der Waals surface area contributed by atoms with Crippen LogP contribution in [0.25, 0.3) is 0 Å². The number of benzene rings is 1. The van der Waals surface area contributed by atoms with E-state index >= 15 is 0 Å². The zero-order valence-electron chi connectivity index (χ0n) is 13.0. The summed E-state index contributed by atoms with van der Waals surface area (Å²) < 4.78 is 32.1. The van der Waals surface area contributed by atoms with Gasteiger partial charge in [-0.1, -0.05) is 38.1 Å². The standard InChI is InChI=1S/C16H20N2O3S/c1-16(2,3)13-4-6-14(7-5-13)22(19,20)18-9-8-15-12(11-18)10-17-21-15/h4-7,10H,8-9,11H2,1-3H3. The number of sulfonamides is 1. The predicted octanol–water partition coefficient (Wildman–Crippen LogP) is 2.72. The van der Waals surface area contributed by atoms with Crippen molar-refractivity contribution in [1.29, 1.82) is 0 Å². The number of hydrogen-bond donors (Lipinski definition) is 0. The summed E-state index contributed by atoms with van der Waals surface area (Å²) in [6, 6.07) is 7.17. The SMILES string of the molecule is CC(C)(C)c1ccc(S(=O)(=O)N2CCc3oncc3C2)cc1. The van der Waals surface area contributed by atoms with Crippen LogP contribution in [0.2, 0.25) is 0 Å². The van der Waals surface area contributed by atoms with Gasteiger partial charge in [0.2, 0.25) is 10.0 Å². The van der Waals surface area contributed by atoms with E-state index in [2.05, 4.69) is 25.9 Å². The van der Waals surface area contributed by atoms with Gasteiger partial charge in [-0.3, -0.25) is 0 Å². The van der Waals surface area contributed by atoms with Gasteiger partial charge in [-0.2, -0.15) is 4.31 Å². The average Bonchev–Trinajstić information content (AvgIpc) is 2.94. The van der Waals surface area contributed by atoms with E-state index in [0.29, 0.717) is 24.4 Å². The molecule has 1 aromatic heterocycles. The van der Waals surface area contributed by atoms with Crippen LogP contribution in [0.1, 0.15) is 37.7 Å². The molecule has 3 rings (SSSR count). The minimum absolute atomic E-state index is 0.00474. The van der Waals surface area contributed by atoms with E-state index in [1.807, 2.05) is 12.1 Å². The highest BCUT2D eigenvalue weighted by molar-refractivity contribution is 7.89. The van der Waals surface area contributed by atoms with Gasteiger partial charge in [-0.15, -0.1) is 0 Å². The molecular formula is C16H20N2O3S. The Morgan fingerprint density at radius 2 is 1.86 bits per heavy atom. The maximum absolute atomic E-state index is 12.8. The molecule has 0 amide bonds. The lowest BCUT2D eigenvalue weighted by atomic mass is 9.87. The fourth-order valence-corrected chi connectivity index (χ4v) is 4.01. The van der Waals surface area contributed by atoms with Crippen molar-refractivity contribution in [3.8, 4) is 0 Å². The van der Waals surface area contributed by atoms with Crippen molar-refractivity contribution in [2.24, 2.45) is 0 Å². The third-order valence-electron chi connectivity index (χ3n) is 4.02. The van der Waals surface area contributed by atoms with Crippen molar-refractivity contribution in [2.45, 2.75) is 44.0 Å². The molecule has 0 saturated heterocycles. The van der Waals surface area contributed by atoms with Crippen LogP contribution in [0.3, 0.4) is 0 Å². The minimum Gasteiger partial charge on any atom is -0.361 e. The van der Waals surface area contributed by atoms with Crippen LogP contribution >= 0.6 is 0 Å². The Bertz CT molecular complexity index is 770.